The normalized spacial score (nSPS) is 10.4. The highest BCUT2D eigenvalue weighted by atomic mass is 16.5. The van der Waals surface area contributed by atoms with Crippen molar-refractivity contribution >= 4 is 66.5 Å². The van der Waals surface area contributed by atoms with Crippen LogP contribution in [0.3, 0.4) is 0 Å². The lowest BCUT2D eigenvalue weighted by Gasteiger charge is -2.21. The highest BCUT2D eigenvalue weighted by molar-refractivity contribution is 6.67. The fraction of sp³-hybridized carbons (Fsp3) is 0.0769. The van der Waals surface area contributed by atoms with E-state index in [1.54, 1.807) is 6.07 Å². The number of benzene rings is 2. The summed E-state index contributed by atoms with van der Waals surface area (Å²) in [5.74, 6) is 0.830. The fourth-order valence-corrected chi connectivity index (χ4v) is 1.73. The Morgan fingerprint density at radius 2 is 1.32 bits per heavy atom. The van der Waals surface area contributed by atoms with E-state index in [0.717, 1.165) is 5.56 Å². The molecule has 0 aliphatic rings. The van der Waals surface area contributed by atoms with Gasteiger partial charge in [0.15, 0.2) is 0 Å². The zero-order valence-electron chi connectivity index (χ0n) is 10.6. The molecule has 1 nitrogen and oxygen atoms in total. The van der Waals surface area contributed by atoms with E-state index in [2.05, 4.69) is 0 Å². The van der Waals surface area contributed by atoms with Gasteiger partial charge in [-0.05, 0) is 24.6 Å². The van der Waals surface area contributed by atoms with Crippen molar-refractivity contribution < 1.29 is 4.74 Å². The van der Waals surface area contributed by atoms with Crippen LogP contribution < -0.4 is 32.1 Å². The Labute approximate surface area is 120 Å². The average molecular weight is 233 g/mol. The van der Waals surface area contributed by atoms with Crippen LogP contribution >= 0.6 is 0 Å². The molecule has 0 N–H and O–H groups in total. The van der Waals surface area contributed by atoms with Gasteiger partial charge in [-0.1, -0.05) is 23.1 Å². The fourth-order valence-electron chi connectivity index (χ4n) is 1.73. The summed E-state index contributed by atoms with van der Waals surface area (Å²) in [6.45, 7) is 1.95. The zero-order chi connectivity index (χ0) is 14.2. The molecule has 0 spiro atoms. The number of hydrogen-bond acceptors (Lipinski definition) is 1. The first kappa shape index (κ1) is 14.0. The molecule has 0 saturated carbocycles. The molecule has 0 bridgehead atoms. The van der Waals surface area contributed by atoms with Gasteiger partial charge in [-0.25, -0.2) is 0 Å². The first-order valence-electron chi connectivity index (χ1n) is 5.67. The van der Waals surface area contributed by atoms with E-state index in [-0.39, 0.29) is 33.1 Å². The lowest BCUT2D eigenvalue weighted by atomic mass is 9.62. The van der Waals surface area contributed by atoms with Gasteiger partial charge in [0.1, 0.15) is 50.7 Å². The van der Waals surface area contributed by atoms with Crippen LogP contribution in [0, 0.1) is 6.92 Å². The third kappa shape index (κ3) is 2.63. The Morgan fingerprint density at radius 1 is 0.789 bits per heavy atom. The minimum absolute atomic E-state index is 0.173. The van der Waals surface area contributed by atoms with E-state index < -0.39 is 0 Å². The van der Waals surface area contributed by atoms with Crippen LogP contribution in [0.2, 0.25) is 0 Å². The molecule has 0 aromatic heterocycles. The van der Waals surface area contributed by atoms with Crippen molar-refractivity contribution in [2.45, 2.75) is 6.92 Å². The monoisotopic (exact) mass is 234 g/mol. The maximum absolute atomic E-state index is 5.87. The summed E-state index contributed by atoms with van der Waals surface area (Å²) in [5, 5.41) is 0. The Balaban J connectivity index is 2.52. The Bertz CT molecular complexity index is 610. The molecule has 0 aliphatic heterocycles. The molecule has 0 heterocycles. The predicted octanol–water partition coefficient (Wildman–Crippen LogP) is -2.24. The Morgan fingerprint density at radius 3 is 1.84 bits per heavy atom. The maximum Gasteiger partial charge on any atom is 0.127 e. The van der Waals surface area contributed by atoms with E-state index in [1.807, 2.05) is 25.1 Å². The summed E-state index contributed by atoms with van der Waals surface area (Å²) in [6.07, 6.45) is 0. The molecule has 0 saturated heterocycles. The number of aryl methyl sites for hydroxylation is 1. The average Bonchev–Trinajstić information content (AvgIpc) is 2.39. The summed E-state index contributed by atoms with van der Waals surface area (Å²) in [6, 6.07) is 7.45. The van der Waals surface area contributed by atoms with Gasteiger partial charge in [0.05, 0.1) is 0 Å². The first-order chi connectivity index (χ1) is 8.91. The standard InChI is InChI=1S/C13H7B5O/c1-6-3-2-4-7(5-6)19-13-11(17)9(15)8(14)10(16)12(13)18/h2-5H,1H3. The molecule has 0 unspecified atom stereocenters. The first-order valence-corrected chi connectivity index (χ1v) is 5.67. The van der Waals surface area contributed by atoms with Crippen LogP contribution in [0.5, 0.6) is 11.5 Å². The van der Waals surface area contributed by atoms with Crippen molar-refractivity contribution in [1.29, 1.82) is 0 Å². The molecule has 0 atom stereocenters. The van der Waals surface area contributed by atoms with Crippen molar-refractivity contribution in [3.05, 3.63) is 29.8 Å². The summed E-state index contributed by atoms with van der Waals surface area (Å²) in [4.78, 5) is 0. The van der Waals surface area contributed by atoms with E-state index in [0.29, 0.717) is 5.75 Å². The van der Waals surface area contributed by atoms with E-state index in [9.17, 15) is 0 Å². The largest absolute Gasteiger partial charge is 0.459 e. The number of rotatable bonds is 2. The van der Waals surface area contributed by atoms with Crippen molar-refractivity contribution in [2.24, 2.45) is 0 Å². The zero-order valence-corrected chi connectivity index (χ0v) is 10.6. The van der Waals surface area contributed by atoms with Gasteiger partial charge in [0, 0.05) is 0 Å². The smallest absolute Gasteiger partial charge is 0.127 e. The minimum Gasteiger partial charge on any atom is -0.459 e. The van der Waals surface area contributed by atoms with Gasteiger partial charge in [-0.2, -0.15) is 0 Å². The van der Waals surface area contributed by atoms with E-state index in [1.165, 1.54) is 0 Å². The van der Waals surface area contributed by atoms with Crippen molar-refractivity contribution in [1.82, 2.24) is 0 Å². The second-order valence-electron chi connectivity index (χ2n) is 4.32. The van der Waals surface area contributed by atoms with Crippen LogP contribution in [0.4, 0.5) is 0 Å². The second kappa shape index (κ2) is 5.28. The molecule has 2 aromatic rings. The molecule has 0 aliphatic carbocycles. The molecule has 2 rings (SSSR count). The highest BCUT2D eigenvalue weighted by Gasteiger charge is 2.12. The topological polar surface area (TPSA) is 9.23 Å². The van der Waals surface area contributed by atoms with Gasteiger partial charge in [0.25, 0.3) is 0 Å². The van der Waals surface area contributed by atoms with Crippen LogP contribution in [-0.4, -0.2) is 39.2 Å². The van der Waals surface area contributed by atoms with Gasteiger partial charge in [-0.15, -0.1) is 16.4 Å². The minimum atomic E-state index is 0.173. The van der Waals surface area contributed by atoms with Crippen molar-refractivity contribution in [3.8, 4) is 11.5 Å². The number of hydrogen-bond donors (Lipinski definition) is 0. The van der Waals surface area contributed by atoms with Crippen molar-refractivity contribution in [2.75, 3.05) is 0 Å². The SMILES string of the molecule is [B]c1c([B])c([B])c(Oc2cccc(C)c2)c([B])c1[B]. The predicted molar refractivity (Wildman–Crippen MR) is 84.6 cm³/mol. The number of ether oxygens (including phenoxy) is 1. The highest BCUT2D eigenvalue weighted by Crippen LogP contribution is 2.17. The summed E-state index contributed by atoms with van der Waals surface area (Å²) < 4.78 is 5.67. The summed E-state index contributed by atoms with van der Waals surface area (Å²) >= 11 is 0. The van der Waals surface area contributed by atoms with Gasteiger partial charge in [-0.3, -0.25) is 0 Å². The molecule has 0 amide bonds. The lowest BCUT2D eigenvalue weighted by Crippen LogP contribution is -2.54. The third-order valence-electron chi connectivity index (χ3n) is 2.86. The van der Waals surface area contributed by atoms with Gasteiger partial charge in [0.2, 0.25) is 0 Å². The molecule has 10 radical (unpaired) electrons. The van der Waals surface area contributed by atoms with Crippen LogP contribution in [-0.2, 0) is 0 Å². The van der Waals surface area contributed by atoms with Crippen LogP contribution in [0.1, 0.15) is 5.56 Å². The molecular weight excluding hydrogens is 226 g/mol. The molecule has 2 aromatic carbocycles. The Hall–Kier alpha value is -1.44. The molecule has 0 fully saturated rings. The van der Waals surface area contributed by atoms with E-state index in [4.69, 9.17) is 44.0 Å². The van der Waals surface area contributed by atoms with Gasteiger partial charge >= 0.3 is 0 Å². The van der Waals surface area contributed by atoms with Crippen LogP contribution in [0.15, 0.2) is 24.3 Å². The Kier molecular flexibility index (Phi) is 3.89. The second-order valence-corrected chi connectivity index (χ2v) is 4.32. The summed E-state index contributed by atoms with van der Waals surface area (Å²) in [7, 11) is 29.0. The van der Waals surface area contributed by atoms with E-state index >= 15 is 0 Å². The molecular formula is C13H7B5O. The van der Waals surface area contributed by atoms with Gasteiger partial charge < -0.3 is 4.74 Å². The molecule has 80 valence electrons. The molecule has 19 heavy (non-hydrogen) atoms. The van der Waals surface area contributed by atoms with Crippen molar-refractivity contribution in [3.63, 3.8) is 0 Å². The maximum atomic E-state index is 5.87. The lowest BCUT2D eigenvalue weighted by molar-refractivity contribution is 0.490. The summed E-state index contributed by atoms with van der Waals surface area (Å²) in [5.41, 5.74) is 1.94. The quantitative estimate of drug-likeness (QED) is 0.533. The van der Waals surface area contributed by atoms with Crippen LogP contribution in [0.25, 0.3) is 0 Å². The third-order valence-corrected chi connectivity index (χ3v) is 2.86. The molecule has 6 heteroatoms.